The number of aromatic nitrogens is 2. The number of nitrogens with zero attached hydrogens (tertiary/aromatic N) is 2. The number of aliphatic hydroxyl groups excluding tert-OH is 1. The van der Waals surface area contributed by atoms with Crippen LogP contribution in [0.2, 0.25) is 5.02 Å². The Kier molecular flexibility index (Phi) is 6.30. The van der Waals surface area contributed by atoms with E-state index < -0.39 is 11.6 Å². The van der Waals surface area contributed by atoms with E-state index in [4.69, 9.17) is 16.7 Å². The summed E-state index contributed by atoms with van der Waals surface area (Å²) in [6, 6.07) is 26.6. The lowest BCUT2D eigenvalue weighted by Gasteiger charge is -2.46. The second kappa shape index (κ2) is 9.66. The Bertz CT molecular complexity index is 1660. The Balaban J connectivity index is 1.43. The average Bonchev–Trinajstić information content (AvgIpc) is 3.27. The lowest BCUT2D eigenvalue weighted by molar-refractivity contribution is 0.000994. The van der Waals surface area contributed by atoms with E-state index in [9.17, 15) is 14.3 Å². The standard InChI is InChI=1S/C30H22BrClFN3O2/c31-20-8-6-19(7-9-20)30(16-23(37)17-30)34-29(38)18-5-14-25-27(15-18)36(22-12-10-21(33)11-13-22)35-28(25)24-3-1-2-4-26(24)32/h1-15,23,37H,16-17H2,(H,34,38). The second-order valence-electron chi connectivity index (χ2n) is 9.55. The molecule has 1 amide bonds. The van der Waals surface area contributed by atoms with Crippen molar-refractivity contribution in [2.24, 2.45) is 0 Å². The molecule has 6 rings (SSSR count). The number of benzene rings is 4. The van der Waals surface area contributed by atoms with E-state index in [2.05, 4.69) is 21.2 Å². The summed E-state index contributed by atoms with van der Waals surface area (Å²) in [6.45, 7) is 0. The minimum Gasteiger partial charge on any atom is -0.393 e. The highest BCUT2D eigenvalue weighted by Crippen LogP contribution is 2.42. The fourth-order valence-electron chi connectivity index (χ4n) is 5.10. The van der Waals surface area contributed by atoms with Crippen molar-refractivity contribution in [2.75, 3.05) is 0 Å². The summed E-state index contributed by atoms with van der Waals surface area (Å²) in [5, 5.41) is 19.5. The number of hydrogen-bond acceptors (Lipinski definition) is 3. The Morgan fingerprint density at radius 2 is 1.74 bits per heavy atom. The zero-order valence-electron chi connectivity index (χ0n) is 20.0. The zero-order valence-corrected chi connectivity index (χ0v) is 22.4. The van der Waals surface area contributed by atoms with Crippen molar-refractivity contribution in [2.45, 2.75) is 24.5 Å². The summed E-state index contributed by atoms with van der Waals surface area (Å²) in [5.41, 5.74) is 3.50. The molecule has 1 aliphatic carbocycles. The van der Waals surface area contributed by atoms with Gasteiger partial charge in [-0.1, -0.05) is 57.9 Å². The molecule has 0 atom stereocenters. The number of fused-ring (bicyclic) bond motifs is 1. The molecule has 4 aromatic carbocycles. The first-order valence-corrected chi connectivity index (χ1v) is 13.3. The molecule has 0 radical (unpaired) electrons. The first-order valence-electron chi connectivity index (χ1n) is 12.1. The number of aliphatic hydroxyl groups is 1. The third kappa shape index (κ3) is 4.41. The fraction of sp³-hybridized carbons (Fsp3) is 0.133. The molecule has 5 nitrogen and oxygen atoms in total. The molecular formula is C30H22BrClFN3O2. The quantitative estimate of drug-likeness (QED) is 0.231. The van der Waals surface area contributed by atoms with E-state index in [1.54, 1.807) is 35.0 Å². The van der Waals surface area contributed by atoms with Crippen LogP contribution < -0.4 is 5.32 Å². The van der Waals surface area contributed by atoms with Crippen LogP contribution in [0.4, 0.5) is 4.39 Å². The lowest BCUT2D eigenvalue weighted by Crippen LogP contribution is -2.56. The molecule has 0 saturated heterocycles. The molecular weight excluding hydrogens is 569 g/mol. The summed E-state index contributed by atoms with van der Waals surface area (Å²) >= 11 is 9.96. The fourth-order valence-corrected chi connectivity index (χ4v) is 5.59. The number of carbonyl (C=O) groups is 1. The second-order valence-corrected chi connectivity index (χ2v) is 10.9. The topological polar surface area (TPSA) is 67.2 Å². The van der Waals surface area contributed by atoms with E-state index in [1.165, 1.54) is 12.1 Å². The van der Waals surface area contributed by atoms with Gasteiger partial charge in [-0.2, -0.15) is 5.10 Å². The van der Waals surface area contributed by atoms with Crippen molar-refractivity contribution >= 4 is 44.3 Å². The smallest absolute Gasteiger partial charge is 0.252 e. The van der Waals surface area contributed by atoms with E-state index in [0.717, 1.165) is 21.0 Å². The number of rotatable bonds is 5. The van der Waals surface area contributed by atoms with Crippen LogP contribution >= 0.6 is 27.5 Å². The molecule has 5 aromatic rings. The minimum absolute atomic E-state index is 0.257. The summed E-state index contributed by atoms with van der Waals surface area (Å²) in [5.74, 6) is -0.606. The molecule has 1 fully saturated rings. The first-order chi connectivity index (χ1) is 18.3. The third-order valence-electron chi connectivity index (χ3n) is 7.06. The number of halogens is 3. The van der Waals surface area contributed by atoms with Gasteiger partial charge in [-0.05, 0) is 66.2 Å². The van der Waals surface area contributed by atoms with Gasteiger partial charge in [0.05, 0.1) is 27.9 Å². The molecule has 8 heteroatoms. The maximum atomic E-state index is 13.7. The Morgan fingerprint density at radius 1 is 1.03 bits per heavy atom. The number of carbonyl (C=O) groups excluding carboxylic acids is 1. The highest BCUT2D eigenvalue weighted by atomic mass is 79.9. The predicted octanol–water partition coefficient (Wildman–Crippen LogP) is 7.03. The van der Waals surface area contributed by atoms with Crippen molar-refractivity contribution in [1.82, 2.24) is 15.1 Å². The van der Waals surface area contributed by atoms with Crippen molar-refractivity contribution in [1.29, 1.82) is 0 Å². The van der Waals surface area contributed by atoms with Gasteiger partial charge in [-0.25, -0.2) is 9.07 Å². The van der Waals surface area contributed by atoms with Crippen LogP contribution in [0, 0.1) is 5.82 Å². The van der Waals surface area contributed by atoms with Gasteiger partial charge < -0.3 is 10.4 Å². The minimum atomic E-state index is -0.647. The molecule has 0 unspecified atom stereocenters. The molecule has 1 aromatic heterocycles. The van der Waals surface area contributed by atoms with Crippen molar-refractivity contribution in [3.8, 4) is 16.9 Å². The predicted molar refractivity (Wildman–Crippen MR) is 150 cm³/mol. The lowest BCUT2D eigenvalue weighted by atomic mass is 9.69. The molecule has 0 bridgehead atoms. The Morgan fingerprint density at radius 3 is 2.42 bits per heavy atom. The van der Waals surface area contributed by atoms with Gasteiger partial charge in [0.25, 0.3) is 5.91 Å². The SMILES string of the molecule is O=C(NC1(c2ccc(Br)cc2)CC(O)C1)c1ccc2c(-c3ccccc3Cl)nn(-c3ccc(F)cc3)c2c1. The molecule has 2 N–H and O–H groups in total. The zero-order chi connectivity index (χ0) is 26.4. The van der Waals surface area contributed by atoms with E-state index >= 15 is 0 Å². The van der Waals surface area contributed by atoms with Gasteiger partial charge in [0.1, 0.15) is 11.5 Å². The molecule has 0 aliphatic heterocycles. The summed E-state index contributed by atoms with van der Waals surface area (Å²) < 4.78 is 16.3. The van der Waals surface area contributed by atoms with E-state index in [1.807, 2.05) is 48.5 Å². The molecule has 0 spiro atoms. The van der Waals surface area contributed by atoms with E-state index in [-0.39, 0.29) is 11.7 Å². The largest absolute Gasteiger partial charge is 0.393 e. The maximum Gasteiger partial charge on any atom is 0.252 e. The van der Waals surface area contributed by atoms with Gasteiger partial charge in [-0.15, -0.1) is 0 Å². The highest BCUT2D eigenvalue weighted by molar-refractivity contribution is 9.10. The van der Waals surface area contributed by atoms with Crippen LogP contribution in [-0.4, -0.2) is 26.9 Å². The number of nitrogens with one attached hydrogen (secondary N) is 1. The average molecular weight is 591 g/mol. The molecule has 1 aliphatic rings. The maximum absolute atomic E-state index is 13.7. The van der Waals surface area contributed by atoms with Gasteiger partial charge in [-0.3, -0.25) is 4.79 Å². The van der Waals surface area contributed by atoms with E-state index in [0.29, 0.717) is 40.3 Å². The summed E-state index contributed by atoms with van der Waals surface area (Å²) in [7, 11) is 0. The van der Waals surface area contributed by atoms with Gasteiger partial charge >= 0.3 is 0 Å². The van der Waals surface area contributed by atoms with Crippen LogP contribution in [0.3, 0.4) is 0 Å². The van der Waals surface area contributed by atoms with Crippen LogP contribution in [0.1, 0.15) is 28.8 Å². The Hall–Kier alpha value is -3.52. The first kappa shape index (κ1) is 24.8. The number of amides is 1. The third-order valence-corrected chi connectivity index (χ3v) is 7.92. The van der Waals surface area contributed by atoms with Crippen LogP contribution in [-0.2, 0) is 5.54 Å². The monoisotopic (exact) mass is 589 g/mol. The van der Waals surface area contributed by atoms with Crippen molar-refractivity contribution in [3.63, 3.8) is 0 Å². The molecule has 38 heavy (non-hydrogen) atoms. The van der Waals surface area contributed by atoms with Gasteiger partial charge in [0.15, 0.2) is 0 Å². The molecule has 1 saturated carbocycles. The Labute approximate surface area is 232 Å². The van der Waals surface area contributed by atoms with Crippen molar-refractivity contribution < 1.29 is 14.3 Å². The van der Waals surface area contributed by atoms with Crippen molar-refractivity contribution in [3.05, 3.63) is 117 Å². The van der Waals surface area contributed by atoms with Crippen LogP contribution in [0.15, 0.2) is 95.5 Å². The number of hydrogen-bond donors (Lipinski definition) is 2. The van der Waals surface area contributed by atoms with Crippen LogP contribution in [0.25, 0.3) is 27.8 Å². The van der Waals surface area contributed by atoms with Gasteiger partial charge in [0, 0.05) is 33.8 Å². The van der Waals surface area contributed by atoms with Gasteiger partial charge in [0.2, 0.25) is 0 Å². The summed E-state index contributed by atoms with van der Waals surface area (Å²) in [4.78, 5) is 13.6. The molecule has 1 heterocycles. The molecule has 190 valence electrons. The highest BCUT2D eigenvalue weighted by Gasteiger charge is 2.46. The van der Waals surface area contributed by atoms with Crippen LogP contribution in [0.5, 0.6) is 0 Å². The summed E-state index contributed by atoms with van der Waals surface area (Å²) in [6.07, 6.45) is 0.402. The normalized spacial score (nSPS) is 18.8.